The van der Waals surface area contributed by atoms with Gasteiger partial charge in [0.15, 0.2) is 5.78 Å². The fraction of sp³-hybridized carbons (Fsp3) is 0.231. The fourth-order valence-electron chi connectivity index (χ4n) is 4.48. The van der Waals surface area contributed by atoms with Crippen molar-refractivity contribution in [2.45, 2.75) is 32.9 Å². The standard InChI is InChI=1S/C26H20F3N3O2S/c1-25(2)12-21-16(22(33)13-25)11-17(23-31-19(14-35-23)15-7-9-30-10-8-15)24(34)32(21)20-6-4-3-5-18(20)26(27,28)29/h3-11,14H,12-13H2,1-2H3. The Kier molecular flexibility index (Phi) is 5.47. The largest absolute Gasteiger partial charge is 0.418 e. The SMILES string of the molecule is CC1(C)CC(=O)c2cc(-c3nc(-c4ccncc4)cs3)c(=O)n(-c3ccccc3C(F)(F)F)c2C1. The minimum atomic E-state index is -4.68. The Bertz CT molecular complexity index is 1500. The molecule has 5 nitrogen and oxygen atoms in total. The summed E-state index contributed by atoms with van der Waals surface area (Å²) in [6.07, 6.45) is -0.916. The van der Waals surface area contributed by atoms with Crippen molar-refractivity contribution in [3.8, 4) is 27.5 Å². The van der Waals surface area contributed by atoms with Crippen molar-refractivity contribution in [2.75, 3.05) is 0 Å². The lowest BCUT2D eigenvalue weighted by molar-refractivity contribution is -0.137. The quantitative estimate of drug-likeness (QED) is 0.340. The van der Waals surface area contributed by atoms with E-state index in [1.807, 2.05) is 13.8 Å². The first-order valence-corrected chi connectivity index (χ1v) is 11.8. The van der Waals surface area contributed by atoms with E-state index in [9.17, 15) is 22.8 Å². The third-order valence-corrected chi connectivity index (χ3v) is 6.93. The second-order valence-corrected chi connectivity index (χ2v) is 10.1. The molecule has 0 fully saturated rings. The van der Waals surface area contributed by atoms with Gasteiger partial charge in [0.25, 0.3) is 5.56 Å². The minimum absolute atomic E-state index is 0.0964. The summed E-state index contributed by atoms with van der Waals surface area (Å²) in [5.74, 6) is -0.207. The number of alkyl halides is 3. The Hall–Kier alpha value is -3.59. The van der Waals surface area contributed by atoms with Crippen molar-refractivity contribution in [1.82, 2.24) is 14.5 Å². The van der Waals surface area contributed by atoms with Gasteiger partial charge in [-0.3, -0.25) is 19.1 Å². The lowest BCUT2D eigenvalue weighted by Gasteiger charge is -2.32. The average molecular weight is 496 g/mol. The van der Waals surface area contributed by atoms with Crippen LogP contribution in [-0.4, -0.2) is 20.3 Å². The Balaban J connectivity index is 1.79. The number of aromatic nitrogens is 3. The van der Waals surface area contributed by atoms with Crippen molar-refractivity contribution in [3.05, 3.63) is 87.4 Å². The third-order valence-electron chi connectivity index (χ3n) is 6.05. The molecule has 3 aromatic heterocycles. The van der Waals surface area contributed by atoms with Crippen LogP contribution < -0.4 is 5.56 Å². The van der Waals surface area contributed by atoms with E-state index in [4.69, 9.17) is 0 Å². The Morgan fingerprint density at radius 2 is 1.71 bits per heavy atom. The molecule has 35 heavy (non-hydrogen) atoms. The van der Waals surface area contributed by atoms with Crippen LogP contribution in [-0.2, 0) is 12.6 Å². The highest BCUT2D eigenvalue weighted by molar-refractivity contribution is 7.13. The van der Waals surface area contributed by atoms with E-state index >= 15 is 0 Å². The summed E-state index contributed by atoms with van der Waals surface area (Å²) in [6, 6.07) is 10.00. The van der Waals surface area contributed by atoms with Crippen molar-refractivity contribution in [3.63, 3.8) is 0 Å². The monoisotopic (exact) mass is 495 g/mol. The molecule has 3 heterocycles. The zero-order valence-corrected chi connectivity index (χ0v) is 19.7. The van der Waals surface area contributed by atoms with E-state index in [0.717, 1.165) is 16.2 Å². The number of rotatable bonds is 3. The fourth-order valence-corrected chi connectivity index (χ4v) is 5.32. The van der Waals surface area contributed by atoms with Gasteiger partial charge >= 0.3 is 6.18 Å². The molecule has 0 N–H and O–H groups in total. The van der Waals surface area contributed by atoms with E-state index in [1.165, 1.54) is 35.6 Å². The molecule has 0 aliphatic heterocycles. The number of carbonyl (C=O) groups excluding carboxylic acids is 1. The minimum Gasteiger partial charge on any atom is -0.294 e. The molecule has 0 saturated carbocycles. The lowest BCUT2D eigenvalue weighted by atomic mass is 9.75. The summed E-state index contributed by atoms with van der Waals surface area (Å²) in [4.78, 5) is 35.5. The first-order chi connectivity index (χ1) is 16.5. The van der Waals surface area contributed by atoms with Gasteiger partial charge in [-0.15, -0.1) is 11.3 Å². The number of hydrogen-bond acceptors (Lipinski definition) is 5. The van der Waals surface area contributed by atoms with E-state index in [0.29, 0.717) is 16.4 Å². The number of nitrogens with zero attached hydrogens (tertiary/aromatic N) is 3. The predicted octanol–water partition coefficient (Wildman–Crippen LogP) is 6.20. The van der Waals surface area contributed by atoms with Crippen LogP contribution in [0.1, 0.15) is 41.9 Å². The molecule has 0 bridgehead atoms. The molecule has 1 aromatic carbocycles. The number of pyridine rings is 2. The molecule has 178 valence electrons. The molecule has 0 amide bonds. The number of benzene rings is 1. The number of fused-ring (bicyclic) bond motifs is 1. The highest BCUT2D eigenvalue weighted by atomic mass is 32.1. The van der Waals surface area contributed by atoms with Crippen molar-refractivity contribution in [1.29, 1.82) is 0 Å². The summed E-state index contributed by atoms with van der Waals surface area (Å²) < 4.78 is 42.9. The van der Waals surface area contributed by atoms with Crippen LogP contribution >= 0.6 is 11.3 Å². The van der Waals surface area contributed by atoms with E-state index in [2.05, 4.69) is 9.97 Å². The second-order valence-electron chi connectivity index (χ2n) is 9.29. The van der Waals surface area contributed by atoms with Crippen molar-refractivity contribution in [2.24, 2.45) is 5.41 Å². The molecule has 9 heteroatoms. The molecule has 5 rings (SSSR count). The van der Waals surface area contributed by atoms with Gasteiger partial charge in [-0.05, 0) is 42.2 Å². The second kappa shape index (κ2) is 8.27. The number of para-hydroxylation sites is 1. The molecular formula is C26H20F3N3O2S. The number of Topliss-reactive ketones (excluding diaryl/α,β-unsaturated/α-hetero) is 1. The zero-order chi connectivity index (χ0) is 25.0. The molecule has 0 spiro atoms. The maximum Gasteiger partial charge on any atom is 0.418 e. The normalized spacial score (nSPS) is 15.2. The van der Waals surface area contributed by atoms with Crippen LogP contribution in [0.5, 0.6) is 0 Å². The first-order valence-electron chi connectivity index (χ1n) is 10.9. The molecule has 1 aliphatic rings. The molecule has 4 aromatic rings. The maximum absolute atomic E-state index is 13.9. The van der Waals surface area contributed by atoms with Gasteiger partial charge in [-0.1, -0.05) is 26.0 Å². The van der Waals surface area contributed by atoms with Crippen LogP contribution in [0.3, 0.4) is 0 Å². The molecule has 0 unspecified atom stereocenters. The first kappa shape index (κ1) is 23.2. The summed E-state index contributed by atoms with van der Waals surface area (Å²) >= 11 is 1.20. The number of carbonyl (C=O) groups is 1. The maximum atomic E-state index is 13.9. The number of hydrogen-bond donors (Lipinski definition) is 0. The Morgan fingerprint density at radius 3 is 2.43 bits per heavy atom. The van der Waals surface area contributed by atoms with Gasteiger partial charge in [0.2, 0.25) is 0 Å². The molecular weight excluding hydrogens is 475 g/mol. The van der Waals surface area contributed by atoms with Gasteiger partial charge in [0, 0.05) is 41.0 Å². The molecule has 1 aliphatic carbocycles. The van der Waals surface area contributed by atoms with E-state index < -0.39 is 22.7 Å². The van der Waals surface area contributed by atoms with Gasteiger partial charge in [-0.25, -0.2) is 4.98 Å². The molecule has 0 atom stereocenters. The summed E-state index contributed by atoms with van der Waals surface area (Å²) in [5, 5.41) is 2.10. The number of thiazole rings is 1. The van der Waals surface area contributed by atoms with Gasteiger partial charge in [0.05, 0.1) is 22.5 Å². The number of halogens is 3. The number of ketones is 1. The predicted molar refractivity (Wildman–Crippen MR) is 128 cm³/mol. The summed E-state index contributed by atoms with van der Waals surface area (Å²) in [7, 11) is 0. The van der Waals surface area contributed by atoms with Gasteiger partial charge < -0.3 is 0 Å². The topological polar surface area (TPSA) is 64.8 Å². The Labute approximate surface area is 202 Å². The lowest BCUT2D eigenvalue weighted by Crippen LogP contribution is -2.35. The van der Waals surface area contributed by atoms with Crippen molar-refractivity contribution >= 4 is 17.1 Å². The molecule has 0 saturated heterocycles. The smallest absolute Gasteiger partial charge is 0.294 e. The van der Waals surface area contributed by atoms with Gasteiger partial charge in [-0.2, -0.15) is 13.2 Å². The van der Waals surface area contributed by atoms with E-state index in [-0.39, 0.29) is 35.4 Å². The summed E-state index contributed by atoms with van der Waals surface area (Å²) in [6.45, 7) is 3.74. The van der Waals surface area contributed by atoms with Crippen LogP contribution in [0.4, 0.5) is 13.2 Å². The van der Waals surface area contributed by atoms with Crippen LogP contribution in [0.15, 0.2) is 65.0 Å². The highest BCUT2D eigenvalue weighted by Gasteiger charge is 2.38. The van der Waals surface area contributed by atoms with Crippen LogP contribution in [0.25, 0.3) is 27.5 Å². The van der Waals surface area contributed by atoms with E-state index in [1.54, 1.807) is 29.9 Å². The van der Waals surface area contributed by atoms with Crippen LogP contribution in [0.2, 0.25) is 0 Å². The van der Waals surface area contributed by atoms with Crippen LogP contribution in [0, 0.1) is 5.41 Å². The Morgan fingerprint density at radius 1 is 1.00 bits per heavy atom. The average Bonchev–Trinajstić information content (AvgIpc) is 3.28. The van der Waals surface area contributed by atoms with Crippen molar-refractivity contribution < 1.29 is 18.0 Å². The molecule has 0 radical (unpaired) electrons. The zero-order valence-electron chi connectivity index (χ0n) is 18.9. The highest BCUT2D eigenvalue weighted by Crippen LogP contribution is 2.39. The summed E-state index contributed by atoms with van der Waals surface area (Å²) in [5.41, 5.74) is -0.309. The van der Waals surface area contributed by atoms with Gasteiger partial charge in [0.1, 0.15) is 5.01 Å². The third kappa shape index (κ3) is 4.20.